The highest BCUT2D eigenvalue weighted by Gasteiger charge is 2.24. The number of thiophene rings is 1. The molecule has 5 heteroatoms. The van der Waals surface area contributed by atoms with Crippen LogP contribution in [-0.4, -0.2) is 12.4 Å². The average molecular weight is 574 g/mol. The van der Waals surface area contributed by atoms with Gasteiger partial charge >= 0.3 is 0 Å². The number of para-hydroxylation sites is 1. The summed E-state index contributed by atoms with van der Waals surface area (Å²) in [5, 5.41) is 8.46. The summed E-state index contributed by atoms with van der Waals surface area (Å²) in [5.74, 6) is 0. The Morgan fingerprint density at radius 1 is 0.744 bits per heavy atom. The van der Waals surface area contributed by atoms with Gasteiger partial charge in [-0.25, -0.2) is 0 Å². The van der Waals surface area contributed by atoms with Crippen molar-refractivity contribution in [2.24, 2.45) is 10.7 Å². The maximum Gasteiger partial charge on any atom is 0.146 e. The molecule has 0 atom stereocenters. The van der Waals surface area contributed by atoms with E-state index in [4.69, 9.17) is 15.1 Å². The molecular weight excluding hydrogens is 547 g/mol. The number of nitrogens with one attached hydrogen (secondary N) is 1. The number of furan rings is 1. The van der Waals surface area contributed by atoms with Crippen LogP contribution in [0.1, 0.15) is 5.56 Å². The molecule has 7 aromatic rings. The Hall–Kier alpha value is -5.39. The minimum absolute atomic E-state index is 0.369. The first kappa shape index (κ1) is 25.3. The van der Waals surface area contributed by atoms with E-state index in [1.165, 1.54) is 20.2 Å². The van der Waals surface area contributed by atoms with E-state index in [0.717, 1.165) is 55.6 Å². The van der Waals surface area contributed by atoms with Crippen LogP contribution in [0.3, 0.4) is 0 Å². The fourth-order valence-electron chi connectivity index (χ4n) is 6.03. The van der Waals surface area contributed by atoms with Crippen molar-refractivity contribution in [2.75, 3.05) is 12.0 Å². The van der Waals surface area contributed by atoms with Crippen molar-refractivity contribution in [2.45, 2.75) is 0 Å². The third-order valence-corrected chi connectivity index (χ3v) is 9.18. The van der Waals surface area contributed by atoms with Crippen molar-refractivity contribution in [3.63, 3.8) is 0 Å². The molecule has 43 heavy (non-hydrogen) atoms. The summed E-state index contributed by atoms with van der Waals surface area (Å²) in [5.41, 5.74) is 15.0. The molecular formula is C38H27N3OS. The number of hydrogen-bond acceptors (Lipinski definition) is 5. The zero-order valence-corrected chi connectivity index (χ0v) is 24.1. The molecule has 0 saturated heterocycles. The minimum atomic E-state index is 0.369. The predicted octanol–water partition coefficient (Wildman–Crippen LogP) is 9.93. The van der Waals surface area contributed by atoms with Crippen molar-refractivity contribution < 1.29 is 4.42 Å². The first-order chi connectivity index (χ1) is 21.3. The largest absolute Gasteiger partial charge is 0.455 e. The topological polar surface area (TPSA) is 63.5 Å². The van der Waals surface area contributed by atoms with Gasteiger partial charge < -0.3 is 15.5 Å². The molecule has 0 fully saturated rings. The third kappa shape index (κ3) is 4.25. The lowest BCUT2D eigenvalue weighted by molar-refractivity contribution is 0.670. The third-order valence-electron chi connectivity index (χ3n) is 7.99. The number of nitrogens with zero attached hydrogens (tertiary/aromatic N) is 1. The molecule has 1 aliphatic rings. The molecule has 0 spiro atoms. The monoisotopic (exact) mass is 573 g/mol. The van der Waals surface area contributed by atoms with Gasteiger partial charge in [0.25, 0.3) is 0 Å². The Kier molecular flexibility index (Phi) is 6.16. The molecule has 0 bridgehead atoms. The number of nitrogens with two attached hydrogens (primary N) is 1. The van der Waals surface area contributed by atoms with E-state index in [1.54, 1.807) is 11.3 Å². The van der Waals surface area contributed by atoms with Crippen LogP contribution in [0.15, 0.2) is 148 Å². The number of fused-ring (bicyclic) bond motifs is 7. The SMILES string of the molecule is N/C(=C1/C=CC=C/C1=N/CNc1c(-c2ccccc2)c2oc3ccccc3c2c2c1sc1ccccc12)c1ccccc1. The van der Waals surface area contributed by atoms with Crippen LogP contribution in [0.2, 0.25) is 0 Å². The molecule has 206 valence electrons. The molecule has 4 nitrogen and oxygen atoms in total. The molecule has 0 radical (unpaired) electrons. The second-order valence-corrected chi connectivity index (χ2v) is 11.6. The van der Waals surface area contributed by atoms with Crippen LogP contribution in [0.4, 0.5) is 5.69 Å². The van der Waals surface area contributed by atoms with E-state index in [-0.39, 0.29) is 0 Å². The van der Waals surface area contributed by atoms with Gasteiger partial charge in [0.15, 0.2) is 0 Å². The van der Waals surface area contributed by atoms with Crippen molar-refractivity contribution in [3.05, 3.63) is 145 Å². The first-order valence-corrected chi connectivity index (χ1v) is 15.1. The van der Waals surface area contributed by atoms with Gasteiger partial charge in [0.05, 0.1) is 16.1 Å². The van der Waals surface area contributed by atoms with Crippen LogP contribution in [0.25, 0.3) is 58.9 Å². The lowest BCUT2D eigenvalue weighted by atomic mass is 9.96. The molecule has 2 heterocycles. The first-order valence-electron chi connectivity index (χ1n) is 14.3. The van der Waals surface area contributed by atoms with Gasteiger partial charge in [0, 0.05) is 43.1 Å². The second-order valence-electron chi connectivity index (χ2n) is 10.5. The van der Waals surface area contributed by atoms with Crippen molar-refractivity contribution in [1.29, 1.82) is 0 Å². The predicted molar refractivity (Wildman–Crippen MR) is 184 cm³/mol. The highest BCUT2D eigenvalue weighted by molar-refractivity contribution is 7.26. The fourth-order valence-corrected chi connectivity index (χ4v) is 7.27. The fraction of sp³-hybridized carbons (Fsp3) is 0.0263. The van der Waals surface area contributed by atoms with E-state index >= 15 is 0 Å². The maximum absolute atomic E-state index is 6.68. The average Bonchev–Trinajstić information content (AvgIpc) is 3.64. The minimum Gasteiger partial charge on any atom is -0.455 e. The van der Waals surface area contributed by atoms with Crippen molar-refractivity contribution >= 4 is 70.5 Å². The molecule has 0 unspecified atom stereocenters. The molecule has 8 rings (SSSR count). The van der Waals surface area contributed by atoms with E-state index in [9.17, 15) is 0 Å². The van der Waals surface area contributed by atoms with Gasteiger partial charge in [-0.15, -0.1) is 11.3 Å². The lowest BCUT2D eigenvalue weighted by Gasteiger charge is -2.15. The standard InChI is InChI=1S/C38H27N3OS/c39-35(25-15-5-2-6-16-25)26-17-7-10-20-29(26)40-23-41-36-32(24-13-3-1-4-14-24)37-33(27-18-8-11-21-30(27)42-37)34-28-19-9-12-22-31(28)43-38(34)36/h1-22,41H,23,39H2/b35-26-,40-29-. The normalized spacial score (nSPS) is 15.3. The summed E-state index contributed by atoms with van der Waals surface area (Å²) in [7, 11) is 0. The summed E-state index contributed by atoms with van der Waals surface area (Å²) in [6.45, 7) is 0.369. The molecule has 2 aromatic heterocycles. The van der Waals surface area contributed by atoms with Crippen LogP contribution in [-0.2, 0) is 0 Å². The number of benzene rings is 5. The Labute approximate surface area is 252 Å². The summed E-state index contributed by atoms with van der Waals surface area (Å²) < 4.78 is 9.12. The Morgan fingerprint density at radius 3 is 2.28 bits per heavy atom. The second kappa shape index (κ2) is 10.5. The van der Waals surface area contributed by atoms with Gasteiger partial charge in [0.2, 0.25) is 0 Å². The van der Waals surface area contributed by atoms with Crippen LogP contribution in [0, 0.1) is 0 Å². The zero-order valence-electron chi connectivity index (χ0n) is 23.2. The summed E-state index contributed by atoms with van der Waals surface area (Å²) in [6.07, 6.45) is 8.05. The molecule has 1 aliphatic carbocycles. The summed E-state index contributed by atoms with van der Waals surface area (Å²) in [4.78, 5) is 5.03. The smallest absolute Gasteiger partial charge is 0.146 e. The molecule has 3 N–H and O–H groups in total. The Morgan fingerprint density at radius 2 is 1.44 bits per heavy atom. The van der Waals surface area contributed by atoms with E-state index in [2.05, 4.69) is 72.0 Å². The highest BCUT2D eigenvalue weighted by Crippen LogP contribution is 2.51. The highest BCUT2D eigenvalue weighted by atomic mass is 32.1. The van der Waals surface area contributed by atoms with E-state index in [1.807, 2.05) is 66.8 Å². The Balaban J connectivity index is 1.34. The number of hydrogen-bond donors (Lipinski definition) is 2. The number of anilines is 1. The van der Waals surface area contributed by atoms with Crippen LogP contribution < -0.4 is 11.1 Å². The number of rotatable bonds is 5. The lowest BCUT2D eigenvalue weighted by Crippen LogP contribution is -2.11. The van der Waals surface area contributed by atoms with Crippen LogP contribution >= 0.6 is 11.3 Å². The molecule has 0 aliphatic heterocycles. The van der Waals surface area contributed by atoms with Crippen molar-refractivity contribution in [1.82, 2.24) is 0 Å². The van der Waals surface area contributed by atoms with E-state index < -0.39 is 0 Å². The number of aliphatic imine (C=N–C) groups is 1. The molecule has 5 aromatic carbocycles. The van der Waals surface area contributed by atoms with Crippen LogP contribution in [0.5, 0.6) is 0 Å². The summed E-state index contributed by atoms with van der Waals surface area (Å²) in [6, 6.07) is 37.5. The molecule has 0 amide bonds. The molecule has 0 saturated carbocycles. The quantitative estimate of drug-likeness (QED) is 0.215. The Bertz CT molecular complexity index is 2290. The van der Waals surface area contributed by atoms with Gasteiger partial charge in [-0.2, -0.15) is 0 Å². The van der Waals surface area contributed by atoms with Gasteiger partial charge in [-0.05, 0) is 29.3 Å². The van der Waals surface area contributed by atoms with Crippen molar-refractivity contribution in [3.8, 4) is 11.1 Å². The zero-order chi connectivity index (χ0) is 28.8. The maximum atomic E-state index is 6.68. The van der Waals surface area contributed by atoms with E-state index in [0.29, 0.717) is 12.4 Å². The van der Waals surface area contributed by atoms with Gasteiger partial charge in [-0.1, -0.05) is 115 Å². The summed E-state index contributed by atoms with van der Waals surface area (Å²) >= 11 is 1.81. The number of allylic oxidation sites excluding steroid dienone is 5. The van der Waals surface area contributed by atoms with Gasteiger partial charge in [-0.3, -0.25) is 4.99 Å². The van der Waals surface area contributed by atoms with Gasteiger partial charge in [0.1, 0.15) is 17.8 Å².